The van der Waals surface area contributed by atoms with Crippen molar-refractivity contribution >= 4 is 0 Å². The predicted octanol–water partition coefficient (Wildman–Crippen LogP) is 2.94. The fraction of sp³-hybridized carbons (Fsp3) is 0.571. The molecule has 1 aromatic carbocycles. The number of nitrogens with one attached hydrogen (secondary N) is 1. The SMILES string of the molecule is CCCc1ccc(C(CCOC)NC)cc1. The maximum Gasteiger partial charge on any atom is 0.0480 e. The molecule has 0 fully saturated rings. The van der Waals surface area contributed by atoms with Gasteiger partial charge in [0.25, 0.3) is 0 Å². The lowest BCUT2D eigenvalue weighted by molar-refractivity contribution is 0.184. The van der Waals surface area contributed by atoms with Gasteiger partial charge in [-0.2, -0.15) is 0 Å². The van der Waals surface area contributed by atoms with Crippen LogP contribution in [0, 0.1) is 0 Å². The molecule has 1 rings (SSSR count). The molecule has 2 nitrogen and oxygen atoms in total. The molecule has 0 amide bonds. The molecule has 1 N–H and O–H groups in total. The summed E-state index contributed by atoms with van der Waals surface area (Å²) in [5, 5.41) is 3.32. The van der Waals surface area contributed by atoms with Gasteiger partial charge in [-0.1, -0.05) is 37.6 Å². The molecule has 0 saturated carbocycles. The third kappa shape index (κ3) is 3.95. The monoisotopic (exact) mass is 221 g/mol. The van der Waals surface area contributed by atoms with Crippen molar-refractivity contribution < 1.29 is 4.74 Å². The highest BCUT2D eigenvalue weighted by Gasteiger charge is 2.08. The molecular formula is C14H23NO. The molecule has 1 unspecified atom stereocenters. The van der Waals surface area contributed by atoms with Crippen molar-refractivity contribution in [2.45, 2.75) is 32.2 Å². The van der Waals surface area contributed by atoms with Crippen molar-refractivity contribution in [2.24, 2.45) is 0 Å². The highest BCUT2D eigenvalue weighted by atomic mass is 16.5. The van der Waals surface area contributed by atoms with Gasteiger partial charge < -0.3 is 10.1 Å². The first-order valence-electron chi connectivity index (χ1n) is 6.06. The van der Waals surface area contributed by atoms with E-state index in [2.05, 4.69) is 36.5 Å². The Balaban J connectivity index is 2.62. The number of benzene rings is 1. The zero-order valence-electron chi connectivity index (χ0n) is 10.6. The van der Waals surface area contributed by atoms with Crippen LogP contribution in [0.5, 0.6) is 0 Å². The summed E-state index contributed by atoms with van der Waals surface area (Å²) in [6.45, 7) is 3.01. The van der Waals surface area contributed by atoms with E-state index in [1.807, 2.05) is 7.05 Å². The molecule has 0 bridgehead atoms. The van der Waals surface area contributed by atoms with Gasteiger partial charge in [0.05, 0.1) is 0 Å². The Kier molecular flexibility index (Phi) is 6.12. The standard InChI is InChI=1S/C14H23NO/c1-4-5-12-6-8-13(9-7-12)14(15-2)10-11-16-3/h6-9,14-15H,4-5,10-11H2,1-3H3. The molecule has 0 radical (unpaired) electrons. The van der Waals surface area contributed by atoms with Crippen LogP contribution in [0.15, 0.2) is 24.3 Å². The summed E-state index contributed by atoms with van der Waals surface area (Å²) in [7, 11) is 3.75. The summed E-state index contributed by atoms with van der Waals surface area (Å²) in [5.74, 6) is 0. The molecule has 0 aliphatic heterocycles. The van der Waals surface area contributed by atoms with Crippen LogP contribution in [-0.4, -0.2) is 20.8 Å². The highest BCUT2D eigenvalue weighted by molar-refractivity contribution is 5.25. The minimum atomic E-state index is 0.399. The average Bonchev–Trinajstić information content (AvgIpc) is 2.32. The number of hydrogen-bond donors (Lipinski definition) is 1. The summed E-state index contributed by atoms with van der Waals surface area (Å²) < 4.78 is 5.12. The lowest BCUT2D eigenvalue weighted by atomic mass is 10.0. The molecule has 0 heterocycles. The van der Waals surface area contributed by atoms with Crippen LogP contribution in [0.3, 0.4) is 0 Å². The van der Waals surface area contributed by atoms with Crippen molar-refractivity contribution in [1.82, 2.24) is 5.32 Å². The summed E-state index contributed by atoms with van der Waals surface area (Å²) in [6, 6.07) is 9.31. The van der Waals surface area contributed by atoms with Gasteiger partial charge in [0, 0.05) is 19.8 Å². The van der Waals surface area contributed by atoms with Crippen molar-refractivity contribution in [2.75, 3.05) is 20.8 Å². The molecular weight excluding hydrogens is 198 g/mol. The van der Waals surface area contributed by atoms with E-state index in [0.29, 0.717) is 6.04 Å². The maximum absolute atomic E-state index is 5.12. The largest absolute Gasteiger partial charge is 0.385 e. The number of methoxy groups -OCH3 is 1. The first-order chi connectivity index (χ1) is 7.81. The van der Waals surface area contributed by atoms with Crippen molar-refractivity contribution in [3.8, 4) is 0 Å². The van der Waals surface area contributed by atoms with E-state index in [4.69, 9.17) is 4.74 Å². The van der Waals surface area contributed by atoms with E-state index in [-0.39, 0.29) is 0 Å². The summed E-state index contributed by atoms with van der Waals surface area (Å²) in [6.07, 6.45) is 3.39. The Bertz CT molecular complexity index is 281. The van der Waals surface area contributed by atoms with Crippen molar-refractivity contribution in [1.29, 1.82) is 0 Å². The van der Waals surface area contributed by atoms with Gasteiger partial charge in [-0.25, -0.2) is 0 Å². The molecule has 0 saturated heterocycles. The molecule has 0 aliphatic carbocycles. The molecule has 0 aromatic heterocycles. The maximum atomic E-state index is 5.12. The molecule has 0 aliphatic rings. The zero-order valence-corrected chi connectivity index (χ0v) is 10.6. The Hall–Kier alpha value is -0.860. The Morgan fingerprint density at radius 3 is 2.44 bits per heavy atom. The second-order valence-corrected chi connectivity index (χ2v) is 4.11. The third-order valence-electron chi connectivity index (χ3n) is 2.88. The number of aryl methyl sites for hydroxylation is 1. The Morgan fingerprint density at radius 2 is 1.94 bits per heavy atom. The normalized spacial score (nSPS) is 12.7. The van der Waals surface area contributed by atoms with Gasteiger partial charge in [-0.05, 0) is 31.0 Å². The molecule has 1 atom stereocenters. The summed E-state index contributed by atoms with van der Waals surface area (Å²) >= 11 is 0. The lowest BCUT2D eigenvalue weighted by Crippen LogP contribution is -2.18. The zero-order chi connectivity index (χ0) is 11.8. The van der Waals surface area contributed by atoms with E-state index in [1.165, 1.54) is 24.0 Å². The average molecular weight is 221 g/mol. The molecule has 2 heteroatoms. The van der Waals surface area contributed by atoms with Crippen LogP contribution >= 0.6 is 0 Å². The third-order valence-corrected chi connectivity index (χ3v) is 2.88. The first kappa shape index (κ1) is 13.2. The van der Waals surface area contributed by atoms with E-state index in [0.717, 1.165) is 13.0 Å². The fourth-order valence-corrected chi connectivity index (χ4v) is 1.92. The first-order valence-corrected chi connectivity index (χ1v) is 6.06. The van der Waals surface area contributed by atoms with Crippen LogP contribution in [0.25, 0.3) is 0 Å². The van der Waals surface area contributed by atoms with E-state index >= 15 is 0 Å². The van der Waals surface area contributed by atoms with Gasteiger partial charge in [0.1, 0.15) is 0 Å². The highest BCUT2D eigenvalue weighted by Crippen LogP contribution is 2.17. The fourth-order valence-electron chi connectivity index (χ4n) is 1.92. The van der Waals surface area contributed by atoms with E-state index in [9.17, 15) is 0 Å². The smallest absolute Gasteiger partial charge is 0.0480 e. The lowest BCUT2D eigenvalue weighted by Gasteiger charge is -2.16. The van der Waals surface area contributed by atoms with Crippen molar-refractivity contribution in [3.63, 3.8) is 0 Å². The van der Waals surface area contributed by atoms with Crippen molar-refractivity contribution in [3.05, 3.63) is 35.4 Å². The van der Waals surface area contributed by atoms with Crippen LogP contribution in [0.2, 0.25) is 0 Å². The number of rotatable bonds is 7. The van der Waals surface area contributed by atoms with Crippen LogP contribution in [0.1, 0.15) is 36.9 Å². The van der Waals surface area contributed by atoms with E-state index < -0.39 is 0 Å². The predicted molar refractivity (Wildman–Crippen MR) is 68.7 cm³/mol. The second kappa shape index (κ2) is 7.42. The quantitative estimate of drug-likeness (QED) is 0.764. The Labute approximate surface area is 99.0 Å². The van der Waals surface area contributed by atoms with E-state index in [1.54, 1.807) is 7.11 Å². The molecule has 0 spiro atoms. The molecule has 1 aromatic rings. The van der Waals surface area contributed by atoms with Gasteiger partial charge >= 0.3 is 0 Å². The Morgan fingerprint density at radius 1 is 1.25 bits per heavy atom. The summed E-state index contributed by atoms with van der Waals surface area (Å²) in [4.78, 5) is 0. The minimum Gasteiger partial charge on any atom is -0.385 e. The van der Waals surface area contributed by atoms with Crippen LogP contribution in [0.4, 0.5) is 0 Å². The molecule has 16 heavy (non-hydrogen) atoms. The summed E-state index contributed by atoms with van der Waals surface area (Å²) in [5.41, 5.74) is 2.77. The van der Waals surface area contributed by atoms with Gasteiger partial charge in [0.15, 0.2) is 0 Å². The number of hydrogen-bond acceptors (Lipinski definition) is 2. The minimum absolute atomic E-state index is 0.399. The topological polar surface area (TPSA) is 21.3 Å². The van der Waals surface area contributed by atoms with Gasteiger partial charge in [-0.3, -0.25) is 0 Å². The van der Waals surface area contributed by atoms with Crippen LogP contribution in [-0.2, 0) is 11.2 Å². The van der Waals surface area contributed by atoms with Gasteiger partial charge in [0.2, 0.25) is 0 Å². The van der Waals surface area contributed by atoms with Gasteiger partial charge in [-0.15, -0.1) is 0 Å². The number of ether oxygens (including phenoxy) is 1. The van der Waals surface area contributed by atoms with Crippen LogP contribution < -0.4 is 5.32 Å². The second-order valence-electron chi connectivity index (χ2n) is 4.11. The molecule has 90 valence electrons.